The number of hydrogen-bond donors (Lipinski definition) is 4. The Bertz CT molecular complexity index is 1240. The number of anilines is 2. The van der Waals surface area contributed by atoms with E-state index in [9.17, 15) is 39.0 Å². The van der Waals surface area contributed by atoms with E-state index in [1.54, 1.807) is 0 Å². The Morgan fingerprint density at radius 2 is 0.974 bits per heavy atom. The number of ketones is 2. The maximum absolute atomic E-state index is 14.4. The second-order valence-electron chi connectivity index (χ2n) is 10.3. The molecule has 2 aromatic carbocycles. The average Bonchev–Trinajstić information content (AvgIpc) is 2.80. The standard InChI is InChI=1S/C24H28Cl2F2N4O6/c1-29(7-9-31(3,4)37)19-11-12(20(16(26)15(19)25)30(2)8-10-32(5,6)38)22(34)14-13(21(11)33)23(35)17(27)18(28)24(14)36/h37-38H,7-10H2,1-6H3/p+2. The molecule has 1 aliphatic rings. The number of likely N-dealkylation sites (N-methyl/N-ethyl adjacent to an activating group) is 4. The van der Waals surface area contributed by atoms with Gasteiger partial charge in [0.05, 0.1) is 85.0 Å². The van der Waals surface area contributed by atoms with Crippen molar-refractivity contribution in [3.05, 3.63) is 43.9 Å². The molecule has 0 aromatic heterocycles. The lowest BCUT2D eigenvalue weighted by atomic mass is 9.80. The van der Waals surface area contributed by atoms with E-state index in [-0.39, 0.29) is 58.7 Å². The molecule has 0 fully saturated rings. The van der Waals surface area contributed by atoms with Gasteiger partial charge < -0.3 is 20.0 Å². The van der Waals surface area contributed by atoms with E-state index in [0.717, 1.165) is 0 Å². The summed E-state index contributed by atoms with van der Waals surface area (Å²) in [6.07, 6.45) is 0. The number of quaternary nitrogens is 2. The highest BCUT2D eigenvalue weighted by molar-refractivity contribution is 6.48. The van der Waals surface area contributed by atoms with E-state index in [1.807, 2.05) is 0 Å². The molecule has 3 rings (SSSR count). The van der Waals surface area contributed by atoms with E-state index >= 15 is 0 Å². The first kappa shape index (κ1) is 29.8. The minimum Gasteiger partial charge on any atom is -0.504 e. The molecule has 0 atom stereocenters. The van der Waals surface area contributed by atoms with Crippen molar-refractivity contribution in [2.24, 2.45) is 0 Å². The summed E-state index contributed by atoms with van der Waals surface area (Å²) >= 11 is 13.3. The zero-order valence-electron chi connectivity index (χ0n) is 21.7. The number of rotatable bonds is 8. The molecule has 38 heavy (non-hydrogen) atoms. The van der Waals surface area contributed by atoms with Crippen LogP contribution in [-0.2, 0) is 0 Å². The van der Waals surface area contributed by atoms with Gasteiger partial charge in [-0.1, -0.05) is 23.2 Å². The van der Waals surface area contributed by atoms with Crippen molar-refractivity contribution >= 4 is 46.1 Å². The number of fused-ring (bicyclic) bond motifs is 2. The van der Waals surface area contributed by atoms with E-state index in [0.29, 0.717) is 0 Å². The smallest absolute Gasteiger partial charge is 0.205 e. The van der Waals surface area contributed by atoms with Gasteiger partial charge in [0.25, 0.3) is 0 Å². The topological polar surface area (TPSA) is 122 Å². The molecule has 0 radical (unpaired) electrons. The number of phenols is 2. The Balaban J connectivity index is 2.39. The molecule has 14 heteroatoms. The third-order valence-corrected chi connectivity index (χ3v) is 7.13. The Morgan fingerprint density at radius 3 is 1.24 bits per heavy atom. The number of phenolic OH excluding ortho intramolecular Hbond substituents is 2. The van der Waals surface area contributed by atoms with Crippen molar-refractivity contribution in [2.75, 3.05) is 78.3 Å². The summed E-state index contributed by atoms with van der Waals surface area (Å²) < 4.78 is 27.8. The lowest BCUT2D eigenvalue weighted by molar-refractivity contribution is -1.07. The molecular weight excluding hydrogens is 549 g/mol. The molecule has 0 saturated heterocycles. The summed E-state index contributed by atoms with van der Waals surface area (Å²) in [7, 11) is 9.11. The van der Waals surface area contributed by atoms with Crippen LogP contribution in [-0.4, -0.2) is 110 Å². The van der Waals surface area contributed by atoms with Gasteiger partial charge in [-0.15, -0.1) is 0 Å². The molecule has 2 aromatic rings. The highest BCUT2D eigenvalue weighted by atomic mass is 35.5. The number of hydrogen-bond acceptors (Lipinski definition) is 8. The summed E-state index contributed by atoms with van der Waals surface area (Å²) in [5.74, 6) is -8.82. The lowest BCUT2D eigenvalue weighted by Crippen LogP contribution is -2.43. The quantitative estimate of drug-likeness (QED) is 0.182. The highest BCUT2D eigenvalue weighted by Crippen LogP contribution is 2.51. The Morgan fingerprint density at radius 1 is 0.684 bits per heavy atom. The van der Waals surface area contributed by atoms with Crippen molar-refractivity contribution in [1.82, 2.24) is 0 Å². The van der Waals surface area contributed by atoms with E-state index < -0.39 is 55.1 Å². The SMILES string of the molecule is CN(CC[N+](C)(C)O)c1c(Cl)c(Cl)c(N(C)CC[N+](C)(C)O)c2c1C(=O)c1c(O)c(F)c(F)c(O)c1C2=O. The molecule has 0 bridgehead atoms. The Kier molecular flexibility index (Phi) is 7.92. The average molecular weight is 579 g/mol. The fourth-order valence-corrected chi connectivity index (χ4v) is 4.85. The van der Waals surface area contributed by atoms with Crippen LogP contribution in [0, 0.1) is 11.6 Å². The number of halogens is 4. The van der Waals surface area contributed by atoms with Gasteiger partial charge in [-0.3, -0.25) is 9.59 Å². The first-order valence-corrected chi connectivity index (χ1v) is 12.2. The summed E-state index contributed by atoms with van der Waals surface area (Å²) in [4.78, 5) is 30.6. The van der Waals surface area contributed by atoms with Crippen LogP contribution in [0.15, 0.2) is 0 Å². The minimum absolute atomic E-state index is 0.0387. The van der Waals surface area contributed by atoms with Crippen LogP contribution in [0.1, 0.15) is 31.8 Å². The Hall–Kier alpha value is -2.74. The first-order chi connectivity index (χ1) is 17.3. The van der Waals surface area contributed by atoms with Gasteiger partial charge >= 0.3 is 0 Å². The predicted molar refractivity (Wildman–Crippen MR) is 137 cm³/mol. The van der Waals surface area contributed by atoms with Crippen LogP contribution in [0.2, 0.25) is 10.0 Å². The largest absolute Gasteiger partial charge is 0.504 e. The second-order valence-corrected chi connectivity index (χ2v) is 11.1. The van der Waals surface area contributed by atoms with Crippen LogP contribution in [0.3, 0.4) is 0 Å². The normalized spacial score (nSPS) is 13.5. The van der Waals surface area contributed by atoms with Gasteiger partial charge in [0, 0.05) is 14.1 Å². The van der Waals surface area contributed by atoms with Crippen molar-refractivity contribution < 1.29 is 48.3 Å². The molecular formula is C24H30Cl2F2N4O6+2. The molecule has 0 saturated carbocycles. The van der Waals surface area contributed by atoms with Crippen LogP contribution in [0.4, 0.5) is 20.2 Å². The zero-order valence-corrected chi connectivity index (χ0v) is 23.2. The van der Waals surface area contributed by atoms with Crippen molar-refractivity contribution in [1.29, 1.82) is 0 Å². The number of carbonyl (C=O) groups excluding carboxylic acids is 2. The Labute approximate surface area is 228 Å². The van der Waals surface area contributed by atoms with E-state index in [2.05, 4.69) is 0 Å². The molecule has 0 unspecified atom stereocenters. The summed E-state index contributed by atoms with van der Waals surface area (Å²) in [5, 5.41) is 40.6. The number of hydroxylamine groups is 6. The lowest BCUT2D eigenvalue weighted by Gasteiger charge is -2.34. The van der Waals surface area contributed by atoms with Gasteiger partial charge in [0.1, 0.15) is 13.1 Å². The molecule has 10 nitrogen and oxygen atoms in total. The third-order valence-electron chi connectivity index (χ3n) is 6.30. The van der Waals surface area contributed by atoms with Gasteiger partial charge in [0.15, 0.2) is 11.5 Å². The first-order valence-electron chi connectivity index (χ1n) is 11.4. The van der Waals surface area contributed by atoms with Crippen molar-refractivity contribution in [3.8, 4) is 11.5 Å². The number of benzene rings is 2. The van der Waals surface area contributed by atoms with Crippen LogP contribution in [0.25, 0.3) is 0 Å². The monoisotopic (exact) mass is 578 g/mol. The number of carbonyl (C=O) groups is 2. The number of aromatic hydroxyl groups is 2. The molecule has 0 aliphatic heterocycles. The third kappa shape index (κ3) is 5.24. The van der Waals surface area contributed by atoms with Crippen molar-refractivity contribution in [3.63, 3.8) is 0 Å². The fraction of sp³-hybridized carbons (Fsp3) is 0.417. The molecule has 0 amide bonds. The minimum atomic E-state index is -1.89. The molecule has 4 N–H and O–H groups in total. The van der Waals surface area contributed by atoms with E-state index in [1.165, 1.54) is 52.1 Å². The van der Waals surface area contributed by atoms with Gasteiger partial charge in [-0.2, -0.15) is 18.1 Å². The summed E-state index contributed by atoms with van der Waals surface area (Å²) in [5.41, 5.74) is -2.59. The van der Waals surface area contributed by atoms with Crippen LogP contribution >= 0.6 is 23.2 Å². The van der Waals surface area contributed by atoms with Gasteiger partial charge in [-0.25, -0.2) is 10.4 Å². The van der Waals surface area contributed by atoms with E-state index in [4.69, 9.17) is 23.2 Å². The summed E-state index contributed by atoms with van der Waals surface area (Å²) in [6, 6.07) is 0. The van der Waals surface area contributed by atoms with Crippen LogP contribution in [0.5, 0.6) is 11.5 Å². The van der Waals surface area contributed by atoms with Crippen LogP contribution < -0.4 is 9.80 Å². The molecule has 0 heterocycles. The maximum atomic E-state index is 14.4. The predicted octanol–water partition coefficient (Wildman–Crippen LogP) is 3.26. The zero-order chi connectivity index (χ0) is 29.1. The second kappa shape index (κ2) is 10.1. The van der Waals surface area contributed by atoms with Gasteiger partial charge in [-0.05, 0) is 0 Å². The molecule has 208 valence electrons. The maximum Gasteiger partial charge on any atom is 0.205 e. The summed E-state index contributed by atoms with van der Waals surface area (Å²) in [6.45, 7) is 0.519. The van der Waals surface area contributed by atoms with Crippen molar-refractivity contribution in [2.45, 2.75) is 0 Å². The number of nitrogens with zero attached hydrogens (tertiary/aromatic N) is 4. The molecule has 0 spiro atoms. The molecule has 1 aliphatic carbocycles. The fourth-order valence-electron chi connectivity index (χ4n) is 4.19. The van der Waals surface area contributed by atoms with Gasteiger partial charge in [0.2, 0.25) is 23.2 Å². The highest BCUT2D eigenvalue weighted by Gasteiger charge is 2.44.